The van der Waals surface area contributed by atoms with Crippen LogP contribution in [-0.4, -0.2) is 44.4 Å². The van der Waals surface area contributed by atoms with Gasteiger partial charge in [0.1, 0.15) is 11.2 Å². The molecule has 28 heavy (non-hydrogen) atoms. The van der Waals surface area contributed by atoms with Crippen molar-refractivity contribution < 1.29 is 10.0 Å². The normalized spacial score (nSPS) is 14.3. The quantitative estimate of drug-likeness (QED) is 0.318. The fourth-order valence-electron chi connectivity index (χ4n) is 3.34. The molecule has 0 spiro atoms. The molecule has 4 N–H and O–H groups in total. The lowest BCUT2D eigenvalue weighted by atomic mass is 10.1. The van der Waals surface area contributed by atoms with Crippen LogP contribution in [0.15, 0.2) is 29.4 Å². The van der Waals surface area contributed by atoms with E-state index in [1.807, 2.05) is 45.0 Å². The zero-order valence-electron chi connectivity index (χ0n) is 16.0. The number of nitrogens with zero attached hydrogens (tertiary/aromatic N) is 3. The highest BCUT2D eigenvalue weighted by Gasteiger charge is 2.22. The van der Waals surface area contributed by atoms with E-state index in [1.54, 1.807) is 0 Å². The van der Waals surface area contributed by atoms with Gasteiger partial charge in [-0.2, -0.15) is 0 Å². The van der Waals surface area contributed by atoms with Gasteiger partial charge in [-0.1, -0.05) is 17.3 Å². The number of carbonyl (C=O) groups excluding carboxylic acids is 1. The standard InChI is InChI=1S/C20H22N6O2/c1-20(2,3)26-18-16(10-22-28)24-14-6-4-5-11(17(14)25-18)15-9-12-13(23-15)7-8-21-19(12)27/h4-6,9-10,23,28H,7-8H2,1-3H3,(H,21,27)(H,25,26). The summed E-state index contributed by atoms with van der Waals surface area (Å²) in [5.74, 6) is 0.464. The molecule has 0 atom stereocenters. The van der Waals surface area contributed by atoms with Gasteiger partial charge in [-0.05, 0) is 32.9 Å². The van der Waals surface area contributed by atoms with Crippen molar-refractivity contribution in [3.63, 3.8) is 0 Å². The molecule has 4 rings (SSSR count). The van der Waals surface area contributed by atoms with E-state index in [1.165, 1.54) is 6.21 Å². The summed E-state index contributed by atoms with van der Waals surface area (Å²) in [4.78, 5) is 24.9. The molecule has 0 saturated heterocycles. The number of hydrogen-bond donors (Lipinski definition) is 4. The Kier molecular flexibility index (Phi) is 4.26. The Morgan fingerprint density at radius 2 is 2.07 bits per heavy atom. The Hall–Kier alpha value is -3.42. The highest BCUT2D eigenvalue weighted by molar-refractivity contribution is 6.00. The molecule has 0 fully saturated rings. The molecule has 144 valence electrons. The summed E-state index contributed by atoms with van der Waals surface area (Å²) < 4.78 is 0. The second kappa shape index (κ2) is 6.63. The smallest absolute Gasteiger partial charge is 0.253 e. The minimum atomic E-state index is -0.251. The Bertz CT molecular complexity index is 1090. The first-order valence-corrected chi connectivity index (χ1v) is 9.12. The lowest BCUT2D eigenvalue weighted by molar-refractivity contribution is 0.0946. The highest BCUT2D eigenvalue weighted by atomic mass is 16.4. The van der Waals surface area contributed by atoms with Crippen LogP contribution in [0.4, 0.5) is 5.82 Å². The fraction of sp³-hybridized carbons (Fsp3) is 0.300. The third-order valence-corrected chi connectivity index (χ3v) is 4.49. The first kappa shape index (κ1) is 18.0. The maximum absolute atomic E-state index is 12.1. The predicted molar refractivity (Wildman–Crippen MR) is 108 cm³/mol. The monoisotopic (exact) mass is 378 g/mol. The molecule has 0 saturated carbocycles. The van der Waals surface area contributed by atoms with Crippen molar-refractivity contribution in [2.75, 3.05) is 11.9 Å². The molecule has 1 amide bonds. The maximum atomic E-state index is 12.1. The van der Waals surface area contributed by atoms with Crippen LogP contribution in [0.2, 0.25) is 0 Å². The largest absolute Gasteiger partial charge is 0.411 e. The van der Waals surface area contributed by atoms with E-state index in [0.717, 1.165) is 23.4 Å². The van der Waals surface area contributed by atoms with Gasteiger partial charge in [0.05, 0.1) is 17.3 Å². The number of aromatic amines is 1. The number of para-hydroxylation sites is 1. The summed E-state index contributed by atoms with van der Waals surface area (Å²) in [5, 5.41) is 18.3. The summed E-state index contributed by atoms with van der Waals surface area (Å²) in [5.41, 5.74) is 4.85. The number of aromatic nitrogens is 3. The van der Waals surface area contributed by atoms with E-state index in [4.69, 9.17) is 10.2 Å². The molecular weight excluding hydrogens is 356 g/mol. The van der Waals surface area contributed by atoms with Gasteiger partial charge in [-0.25, -0.2) is 9.97 Å². The van der Waals surface area contributed by atoms with E-state index in [2.05, 4.69) is 25.8 Å². The second-order valence-electron chi connectivity index (χ2n) is 7.83. The third kappa shape index (κ3) is 3.28. The van der Waals surface area contributed by atoms with Crippen LogP contribution in [0.25, 0.3) is 22.3 Å². The molecule has 0 unspecified atom stereocenters. The molecule has 1 aromatic carbocycles. The molecule has 0 aliphatic carbocycles. The van der Waals surface area contributed by atoms with Gasteiger partial charge < -0.3 is 20.8 Å². The van der Waals surface area contributed by atoms with Crippen molar-refractivity contribution in [1.82, 2.24) is 20.3 Å². The molecule has 8 nitrogen and oxygen atoms in total. The summed E-state index contributed by atoms with van der Waals surface area (Å²) in [6, 6.07) is 7.56. The second-order valence-corrected chi connectivity index (χ2v) is 7.83. The van der Waals surface area contributed by atoms with Gasteiger partial charge >= 0.3 is 0 Å². The van der Waals surface area contributed by atoms with E-state index in [0.29, 0.717) is 34.7 Å². The van der Waals surface area contributed by atoms with Crippen LogP contribution in [-0.2, 0) is 6.42 Å². The topological polar surface area (TPSA) is 115 Å². The number of rotatable bonds is 3. The fourth-order valence-corrected chi connectivity index (χ4v) is 3.34. The number of oxime groups is 1. The van der Waals surface area contributed by atoms with Crippen LogP contribution < -0.4 is 10.6 Å². The van der Waals surface area contributed by atoms with E-state index in [9.17, 15) is 4.79 Å². The molecule has 2 aromatic heterocycles. The van der Waals surface area contributed by atoms with E-state index in [-0.39, 0.29) is 11.4 Å². The Balaban J connectivity index is 1.90. The summed E-state index contributed by atoms with van der Waals surface area (Å²) in [7, 11) is 0. The molecule has 8 heteroatoms. The molecule has 0 bridgehead atoms. The first-order chi connectivity index (χ1) is 13.4. The summed E-state index contributed by atoms with van der Waals surface area (Å²) in [6.45, 7) is 6.68. The molecule has 0 radical (unpaired) electrons. The van der Waals surface area contributed by atoms with Crippen LogP contribution in [0.5, 0.6) is 0 Å². The van der Waals surface area contributed by atoms with Gasteiger partial charge in [-0.3, -0.25) is 4.79 Å². The Morgan fingerprint density at radius 3 is 2.79 bits per heavy atom. The SMILES string of the molecule is CC(C)(C)Nc1nc2c(-c3cc4c([nH]3)CCNC4=O)cccc2nc1C=NO. The van der Waals surface area contributed by atoms with Gasteiger partial charge in [0.25, 0.3) is 5.91 Å². The first-order valence-electron chi connectivity index (χ1n) is 9.12. The molecular formula is C20H22N6O2. The van der Waals surface area contributed by atoms with Crippen LogP contribution in [0, 0.1) is 0 Å². The predicted octanol–water partition coefficient (Wildman–Crippen LogP) is 2.93. The summed E-state index contributed by atoms with van der Waals surface area (Å²) in [6.07, 6.45) is 2.04. The highest BCUT2D eigenvalue weighted by Crippen LogP contribution is 2.30. The van der Waals surface area contributed by atoms with Crippen LogP contribution in [0.1, 0.15) is 42.5 Å². The van der Waals surface area contributed by atoms with Crippen molar-refractivity contribution in [3.05, 3.63) is 41.2 Å². The van der Waals surface area contributed by atoms with Gasteiger partial charge in [0.2, 0.25) is 0 Å². The number of carbonyl (C=O) groups is 1. The van der Waals surface area contributed by atoms with Crippen LogP contribution >= 0.6 is 0 Å². The zero-order chi connectivity index (χ0) is 19.9. The van der Waals surface area contributed by atoms with Crippen LogP contribution in [0.3, 0.4) is 0 Å². The minimum absolute atomic E-state index is 0.0633. The van der Waals surface area contributed by atoms with Crippen molar-refractivity contribution in [2.24, 2.45) is 5.16 Å². The van der Waals surface area contributed by atoms with Gasteiger partial charge in [0, 0.05) is 35.5 Å². The minimum Gasteiger partial charge on any atom is -0.411 e. The zero-order valence-corrected chi connectivity index (χ0v) is 16.0. The van der Waals surface area contributed by atoms with Gasteiger partial charge in [-0.15, -0.1) is 0 Å². The number of anilines is 1. The average Bonchev–Trinajstić information content (AvgIpc) is 3.06. The number of benzene rings is 1. The lowest BCUT2D eigenvalue weighted by Crippen LogP contribution is -2.31. The van der Waals surface area contributed by atoms with Crippen molar-refractivity contribution in [2.45, 2.75) is 32.7 Å². The maximum Gasteiger partial charge on any atom is 0.253 e. The number of fused-ring (bicyclic) bond motifs is 2. The number of H-pyrrole nitrogens is 1. The Labute approximate surface area is 162 Å². The molecule has 1 aliphatic heterocycles. The molecule has 1 aliphatic rings. The van der Waals surface area contributed by atoms with Crippen molar-refractivity contribution in [1.29, 1.82) is 0 Å². The van der Waals surface area contributed by atoms with Crippen molar-refractivity contribution in [3.8, 4) is 11.3 Å². The van der Waals surface area contributed by atoms with Crippen molar-refractivity contribution >= 4 is 29.0 Å². The number of hydrogen-bond acceptors (Lipinski definition) is 6. The lowest BCUT2D eigenvalue weighted by Gasteiger charge is -2.22. The Morgan fingerprint density at radius 1 is 1.25 bits per heavy atom. The van der Waals surface area contributed by atoms with Gasteiger partial charge in [0.15, 0.2) is 5.82 Å². The summed E-state index contributed by atoms with van der Waals surface area (Å²) >= 11 is 0. The number of nitrogens with one attached hydrogen (secondary N) is 3. The molecule has 3 heterocycles. The van der Waals surface area contributed by atoms with E-state index >= 15 is 0 Å². The number of amides is 1. The third-order valence-electron chi connectivity index (χ3n) is 4.49. The molecule has 3 aromatic rings. The van der Waals surface area contributed by atoms with E-state index < -0.39 is 0 Å². The average molecular weight is 378 g/mol.